The molecule has 0 aliphatic carbocycles. The molecule has 0 saturated carbocycles. The zero-order valence-corrected chi connectivity index (χ0v) is 15.9. The van der Waals surface area contributed by atoms with Crippen molar-refractivity contribution in [3.8, 4) is 23.0 Å². The summed E-state index contributed by atoms with van der Waals surface area (Å²) in [6.45, 7) is 2.61. The smallest absolute Gasteiger partial charge is 0.226 e. The zero-order chi connectivity index (χ0) is 18.6. The normalized spacial score (nSPS) is 11.0. The number of oxazole rings is 1. The van der Waals surface area contributed by atoms with E-state index in [0.717, 1.165) is 38.9 Å². The number of thioether (sulfide) groups is 1. The molecule has 4 aromatic rings. The summed E-state index contributed by atoms with van der Waals surface area (Å²) in [6, 6.07) is 13.5. The molecule has 0 fully saturated rings. The van der Waals surface area contributed by atoms with Crippen molar-refractivity contribution in [2.24, 2.45) is 0 Å². The number of nitrogens with one attached hydrogen (secondary N) is 1. The maximum atomic E-state index is 5.60. The highest BCUT2D eigenvalue weighted by molar-refractivity contribution is 7.98. The average Bonchev–Trinajstić information content (AvgIpc) is 3.33. The minimum atomic E-state index is 0.596. The Kier molecular flexibility index (Phi) is 5.02. The number of benzene rings is 2. The lowest BCUT2D eigenvalue weighted by Crippen LogP contribution is -1.90. The molecule has 0 spiro atoms. The van der Waals surface area contributed by atoms with E-state index >= 15 is 0 Å². The molecule has 0 aliphatic rings. The summed E-state index contributed by atoms with van der Waals surface area (Å²) in [5.74, 6) is 2.90. The van der Waals surface area contributed by atoms with Gasteiger partial charge in [-0.1, -0.05) is 11.8 Å². The number of methoxy groups -OCH3 is 1. The lowest BCUT2D eigenvalue weighted by atomic mass is 10.2. The molecule has 0 saturated heterocycles. The number of rotatable bonds is 7. The van der Waals surface area contributed by atoms with Gasteiger partial charge in [-0.3, -0.25) is 0 Å². The van der Waals surface area contributed by atoms with Crippen molar-refractivity contribution in [3.05, 3.63) is 54.4 Å². The summed E-state index contributed by atoms with van der Waals surface area (Å²) >= 11 is 1.58. The van der Waals surface area contributed by atoms with Gasteiger partial charge in [0.25, 0.3) is 0 Å². The fourth-order valence-corrected chi connectivity index (χ4v) is 3.43. The van der Waals surface area contributed by atoms with E-state index in [4.69, 9.17) is 13.9 Å². The molecule has 2 aromatic carbocycles. The Morgan fingerprint density at radius 1 is 1.07 bits per heavy atom. The molecule has 0 bridgehead atoms. The fraction of sp³-hybridized carbons (Fsp3) is 0.200. The maximum Gasteiger partial charge on any atom is 0.226 e. The molecule has 2 heterocycles. The molecule has 138 valence electrons. The van der Waals surface area contributed by atoms with Gasteiger partial charge in [0.15, 0.2) is 5.16 Å². The van der Waals surface area contributed by atoms with Gasteiger partial charge in [0, 0.05) is 17.4 Å². The van der Waals surface area contributed by atoms with Crippen LogP contribution in [0.15, 0.2) is 58.3 Å². The Morgan fingerprint density at radius 3 is 2.67 bits per heavy atom. The number of nitrogens with zero attached hydrogens (tertiary/aromatic N) is 2. The Balaban J connectivity index is 1.44. The first-order valence-corrected chi connectivity index (χ1v) is 9.58. The van der Waals surface area contributed by atoms with Crippen molar-refractivity contribution < 1.29 is 13.9 Å². The minimum absolute atomic E-state index is 0.596. The lowest BCUT2D eigenvalue weighted by Gasteiger charge is -2.00. The highest BCUT2D eigenvalue weighted by atomic mass is 32.2. The van der Waals surface area contributed by atoms with E-state index in [-0.39, 0.29) is 0 Å². The molecule has 0 unspecified atom stereocenters. The predicted octanol–water partition coefficient (Wildman–Crippen LogP) is 4.92. The topological polar surface area (TPSA) is 73.2 Å². The number of aromatic amines is 1. The maximum absolute atomic E-state index is 5.60. The molecule has 6 nitrogen and oxygen atoms in total. The summed E-state index contributed by atoms with van der Waals surface area (Å²) in [7, 11) is 1.64. The summed E-state index contributed by atoms with van der Waals surface area (Å²) in [4.78, 5) is 12.5. The van der Waals surface area contributed by atoms with Crippen LogP contribution in [0.2, 0.25) is 0 Å². The summed E-state index contributed by atoms with van der Waals surface area (Å²) in [5, 5.41) is 0.840. The van der Waals surface area contributed by atoms with Crippen LogP contribution in [-0.2, 0) is 5.75 Å². The van der Waals surface area contributed by atoms with Crippen molar-refractivity contribution in [1.29, 1.82) is 0 Å². The van der Waals surface area contributed by atoms with Crippen LogP contribution in [0.1, 0.15) is 12.6 Å². The SMILES string of the molecule is CCOc1ccc2nc(SCc3coc(-c4ccc(OC)cc4)n3)[nH]c2c1. The van der Waals surface area contributed by atoms with Crippen LogP contribution in [0.3, 0.4) is 0 Å². The molecule has 2 aromatic heterocycles. The van der Waals surface area contributed by atoms with Crippen molar-refractivity contribution in [1.82, 2.24) is 15.0 Å². The second-order valence-corrected chi connectivity index (χ2v) is 6.78. The Hall–Kier alpha value is -2.93. The highest BCUT2D eigenvalue weighted by Crippen LogP contribution is 2.27. The number of aromatic nitrogens is 3. The van der Waals surface area contributed by atoms with Gasteiger partial charge in [-0.15, -0.1) is 0 Å². The molecule has 4 rings (SSSR count). The highest BCUT2D eigenvalue weighted by Gasteiger charge is 2.10. The van der Waals surface area contributed by atoms with Crippen LogP contribution >= 0.6 is 11.8 Å². The van der Waals surface area contributed by atoms with Crippen LogP contribution in [0.25, 0.3) is 22.5 Å². The zero-order valence-electron chi connectivity index (χ0n) is 15.1. The minimum Gasteiger partial charge on any atom is -0.497 e. The third kappa shape index (κ3) is 3.93. The van der Waals surface area contributed by atoms with Gasteiger partial charge >= 0.3 is 0 Å². The van der Waals surface area contributed by atoms with E-state index in [1.54, 1.807) is 25.1 Å². The Labute approximate surface area is 160 Å². The largest absolute Gasteiger partial charge is 0.497 e. The van der Waals surface area contributed by atoms with Crippen LogP contribution in [-0.4, -0.2) is 28.7 Å². The van der Waals surface area contributed by atoms with Crippen molar-refractivity contribution in [2.45, 2.75) is 17.8 Å². The number of hydrogen-bond acceptors (Lipinski definition) is 6. The summed E-state index contributed by atoms with van der Waals surface area (Å²) in [6.07, 6.45) is 1.68. The standard InChI is InChI=1S/C20H19N3O3S/c1-3-25-16-8-9-17-18(10-16)23-20(22-17)27-12-14-11-26-19(21-14)13-4-6-15(24-2)7-5-13/h4-11H,3,12H2,1-2H3,(H,22,23). The number of fused-ring (bicyclic) bond motifs is 1. The molecule has 0 radical (unpaired) electrons. The van der Waals surface area contributed by atoms with E-state index in [2.05, 4.69) is 15.0 Å². The van der Waals surface area contributed by atoms with Crippen molar-refractivity contribution in [2.75, 3.05) is 13.7 Å². The molecule has 1 N–H and O–H groups in total. The molecule has 0 aliphatic heterocycles. The second kappa shape index (κ2) is 7.75. The first kappa shape index (κ1) is 17.5. The van der Waals surface area contributed by atoms with E-state index in [1.807, 2.05) is 49.4 Å². The van der Waals surface area contributed by atoms with Crippen LogP contribution < -0.4 is 9.47 Å². The predicted molar refractivity (Wildman–Crippen MR) is 105 cm³/mol. The Bertz CT molecular complexity index is 1040. The van der Waals surface area contributed by atoms with Crippen LogP contribution in [0.4, 0.5) is 0 Å². The molecule has 27 heavy (non-hydrogen) atoms. The van der Waals surface area contributed by atoms with Crippen molar-refractivity contribution in [3.63, 3.8) is 0 Å². The summed E-state index contributed by atoms with van der Waals surface area (Å²) in [5.41, 5.74) is 3.66. The number of hydrogen-bond donors (Lipinski definition) is 1. The van der Waals surface area contributed by atoms with Gasteiger partial charge in [0.05, 0.1) is 30.4 Å². The van der Waals surface area contributed by atoms with Crippen molar-refractivity contribution >= 4 is 22.8 Å². The van der Waals surface area contributed by atoms with E-state index in [0.29, 0.717) is 18.3 Å². The molecule has 0 atom stereocenters. The summed E-state index contributed by atoms with van der Waals surface area (Å²) < 4.78 is 16.3. The van der Waals surface area contributed by atoms with E-state index < -0.39 is 0 Å². The molecule has 7 heteroatoms. The average molecular weight is 381 g/mol. The monoisotopic (exact) mass is 381 g/mol. The third-order valence-corrected chi connectivity index (χ3v) is 4.89. The van der Waals surface area contributed by atoms with E-state index in [1.165, 1.54) is 0 Å². The second-order valence-electron chi connectivity index (χ2n) is 5.82. The van der Waals surface area contributed by atoms with Crippen LogP contribution in [0, 0.1) is 0 Å². The van der Waals surface area contributed by atoms with Gasteiger partial charge in [-0.2, -0.15) is 0 Å². The van der Waals surface area contributed by atoms with Gasteiger partial charge in [-0.05, 0) is 43.3 Å². The van der Waals surface area contributed by atoms with Gasteiger partial charge in [0.2, 0.25) is 5.89 Å². The first-order valence-electron chi connectivity index (χ1n) is 8.59. The number of ether oxygens (including phenoxy) is 2. The number of H-pyrrole nitrogens is 1. The fourth-order valence-electron chi connectivity index (χ4n) is 2.67. The lowest BCUT2D eigenvalue weighted by molar-refractivity contribution is 0.340. The van der Waals surface area contributed by atoms with Gasteiger partial charge < -0.3 is 18.9 Å². The first-order chi connectivity index (χ1) is 13.2. The van der Waals surface area contributed by atoms with Gasteiger partial charge in [-0.25, -0.2) is 9.97 Å². The van der Waals surface area contributed by atoms with Crippen LogP contribution in [0.5, 0.6) is 11.5 Å². The van der Waals surface area contributed by atoms with E-state index in [9.17, 15) is 0 Å². The molecular formula is C20H19N3O3S. The Morgan fingerprint density at radius 2 is 1.89 bits per heavy atom. The molecular weight excluding hydrogens is 362 g/mol. The quantitative estimate of drug-likeness (QED) is 0.458. The molecule has 0 amide bonds. The number of imidazole rings is 1. The van der Waals surface area contributed by atoms with Gasteiger partial charge in [0.1, 0.15) is 17.8 Å². The third-order valence-electron chi connectivity index (χ3n) is 3.99.